The van der Waals surface area contributed by atoms with Crippen LogP contribution in [0.3, 0.4) is 0 Å². The first kappa shape index (κ1) is 9.70. The third kappa shape index (κ3) is 7.70. The minimum Gasteiger partial charge on any atom is -0.0961 e. The van der Waals surface area contributed by atoms with Gasteiger partial charge in [-0.25, -0.2) is 0 Å². The summed E-state index contributed by atoms with van der Waals surface area (Å²) in [7, 11) is -0.852. The summed E-state index contributed by atoms with van der Waals surface area (Å²) >= 11 is 0. The van der Waals surface area contributed by atoms with E-state index in [0.717, 1.165) is 5.57 Å². The van der Waals surface area contributed by atoms with Crippen LogP contribution in [-0.2, 0) is 0 Å². The highest BCUT2D eigenvalue weighted by molar-refractivity contribution is 6.76. The summed E-state index contributed by atoms with van der Waals surface area (Å²) in [5, 5.41) is 0. The Kier molecular flexibility index (Phi) is 3.65. The van der Waals surface area contributed by atoms with E-state index in [9.17, 15) is 0 Å². The van der Waals surface area contributed by atoms with Crippen molar-refractivity contribution in [2.24, 2.45) is 0 Å². The lowest BCUT2D eigenvalue weighted by molar-refractivity contribution is 1.47. The van der Waals surface area contributed by atoms with Gasteiger partial charge in [-0.2, -0.15) is 0 Å². The van der Waals surface area contributed by atoms with Crippen LogP contribution in [0.4, 0.5) is 0 Å². The van der Waals surface area contributed by atoms with Crippen LogP contribution in [0.25, 0.3) is 0 Å². The van der Waals surface area contributed by atoms with E-state index >= 15 is 0 Å². The van der Waals surface area contributed by atoms with Gasteiger partial charge in [0.25, 0.3) is 0 Å². The first-order valence-electron chi connectivity index (χ1n) is 3.74. The lowest BCUT2D eigenvalue weighted by atomic mass is 10.3. The molecule has 0 atom stereocenters. The molecule has 0 heterocycles. The van der Waals surface area contributed by atoms with Gasteiger partial charge in [0.1, 0.15) is 0 Å². The Balaban J connectivity index is 3.64. The van der Waals surface area contributed by atoms with E-state index < -0.39 is 8.07 Å². The van der Waals surface area contributed by atoms with E-state index in [1.54, 1.807) is 0 Å². The van der Waals surface area contributed by atoms with Crippen molar-refractivity contribution >= 4 is 8.07 Å². The van der Waals surface area contributed by atoms with Gasteiger partial charge in [0.15, 0.2) is 0 Å². The number of rotatable bonds is 3. The number of hydrogen-bond acceptors (Lipinski definition) is 0. The highest BCUT2D eigenvalue weighted by atomic mass is 28.3. The second kappa shape index (κ2) is 3.77. The first-order valence-corrected chi connectivity index (χ1v) is 7.44. The van der Waals surface area contributed by atoms with Crippen molar-refractivity contribution in [3.05, 3.63) is 24.3 Å². The summed E-state index contributed by atoms with van der Waals surface area (Å²) < 4.78 is 0. The van der Waals surface area contributed by atoms with Crippen molar-refractivity contribution in [2.45, 2.75) is 32.6 Å². The molecule has 0 aromatic rings. The monoisotopic (exact) mass is 154 g/mol. The molecule has 0 rings (SSSR count). The molecule has 10 heavy (non-hydrogen) atoms. The predicted octanol–water partition coefficient (Wildman–Crippen LogP) is 3.46. The average Bonchev–Trinajstić information content (AvgIpc) is 1.59. The zero-order valence-electron chi connectivity index (χ0n) is 7.57. The molecule has 0 spiro atoms. The van der Waals surface area contributed by atoms with Gasteiger partial charge in [0.2, 0.25) is 0 Å². The van der Waals surface area contributed by atoms with Crippen LogP contribution < -0.4 is 0 Å². The Hall–Kier alpha value is -0.303. The first-order chi connectivity index (χ1) is 4.42. The normalized spacial score (nSPS) is 12.4. The fourth-order valence-corrected chi connectivity index (χ4v) is 1.44. The molecule has 0 aliphatic carbocycles. The lowest BCUT2D eigenvalue weighted by Gasteiger charge is -2.11. The van der Waals surface area contributed by atoms with Gasteiger partial charge in [-0.3, -0.25) is 0 Å². The minimum absolute atomic E-state index is 0.852. The van der Waals surface area contributed by atoms with Crippen LogP contribution in [0.5, 0.6) is 0 Å². The van der Waals surface area contributed by atoms with Crippen LogP contribution >= 0.6 is 0 Å². The maximum atomic E-state index is 3.80. The smallest absolute Gasteiger partial charge is 0.0480 e. The zero-order valence-corrected chi connectivity index (χ0v) is 8.57. The van der Waals surface area contributed by atoms with Crippen LogP contribution in [-0.4, -0.2) is 8.07 Å². The summed E-state index contributed by atoms with van der Waals surface area (Å²) in [5.74, 6) is 0. The van der Waals surface area contributed by atoms with E-state index in [-0.39, 0.29) is 0 Å². The van der Waals surface area contributed by atoms with Gasteiger partial charge in [0, 0.05) is 8.07 Å². The van der Waals surface area contributed by atoms with Gasteiger partial charge in [-0.15, -0.1) is 0 Å². The Morgan fingerprint density at radius 3 is 2.20 bits per heavy atom. The molecule has 0 fully saturated rings. The number of hydrogen-bond donors (Lipinski definition) is 0. The number of allylic oxidation sites excluding steroid dienone is 3. The molecule has 0 bridgehead atoms. The molecule has 0 saturated carbocycles. The van der Waals surface area contributed by atoms with E-state index in [0.29, 0.717) is 0 Å². The van der Waals surface area contributed by atoms with E-state index in [1.165, 1.54) is 6.04 Å². The molecule has 0 amide bonds. The standard InChI is InChI=1S/C9H18Si/c1-9(2)7-6-8-10(3,4)5/h6-7H,1,8H2,2-5H3/b7-6+. The molecule has 0 saturated heterocycles. The van der Waals surface area contributed by atoms with Crippen molar-refractivity contribution in [1.29, 1.82) is 0 Å². The van der Waals surface area contributed by atoms with E-state index in [2.05, 4.69) is 38.4 Å². The SMILES string of the molecule is C=C(C)/C=C/C[Si](C)(C)C. The van der Waals surface area contributed by atoms with Gasteiger partial charge in [0.05, 0.1) is 0 Å². The Bertz CT molecular complexity index is 137. The minimum atomic E-state index is -0.852. The Morgan fingerprint density at radius 2 is 1.90 bits per heavy atom. The maximum Gasteiger partial charge on any atom is 0.0480 e. The van der Waals surface area contributed by atoms with E-state index in [4.69, 9.17) is 0 Å². The molecule has 0 aliphatic rings. The quantitative estimate of drug-likeness (QED) is 0.431. The molecule has 0 aliphatic heterocycles. The largest absolute Gasteiger partial charge is 0.0961 e. The summed E-state index contributed by atoms with van der Waals surface area (Å²) in [5.41, 5.74) is 1.15. The van der Waals surface area contributed by atoms with Crippen LogP contribution in [0.2, 0.25) is 25.7 Å². The van der Waals surface area contributed by atoms with Crippen molar-refractivity contribution < 1.29 is 0 Å². The topological polar surface area (TPSA) is 0 Å². The average molecular weight is 154 g/mol. The van der Waals surface area contributed by atoms with E-state index in [1.807, 2.05) is 6.92 Å². The zero-order chi connectivity index (χ0) is 8.20. The second-order valence-electron chi connectivity index (χ2n) is 4.01. The summed E-state index contributed by atoms with van der Waals surface area (Å²) in [6, 6.07) is 1.26. The van der Waals surface area contributed by atoms with Crippen LogP contribution in [0, 0.1) is 0 Å². The fourth-order valence-electron chi connectivity index (χ4n) is 0.614. The fraction of sp³-hybridized carbons (Fsp3) is 0.556. The Labute approximate surface area is 65.7 Å². The van der Waals surface area contributed by atoms with Crippen molar-refractivity contribution in [2.75, 3.05) is 0 Å². The second-order valence-corrected chi connectivity index (χ2v) is 9.54. The lowest BCUT2D eigenvalue weighted by Crippen LogP contribution is -2.17. The van der Waals surface area contributed by atoms with Crippen molar-refractivity contribution in [1.82, 2.24) is 0 Å². The summed E-state index contributed by atoms with van der Waals surface area (Å²) in [6.07, 6.45) is 4.35. The highest BCUT2D eigenvalue weighted by Gasteiger charge is 2.08. The van der Waals surface area contributed by atoms with Gasteiger partial charge < -0.3 is 0 Å². The molecule has 0 nitrogen and oxygen atoms in total. The molecular formula is C9H18Si. The summed E-state index contributed by atoms with van der Waals surface area (Å²) in [6.45, 7) is 12.9. The molecule has 0 aromatic heterocycles. The molecule has 0 aromatic carbocycles. The Morgan fingerprint density at radius 1 is 1.40 bits per heavy atom. The molecular weight excluding hydrogens is 136 g/mol. The third-order valence-electron chi connectivity index (χ3n) is 1.13. The van der Waals surface area contributed by atoms with Crippen molar-refractivity contribution in [3.8, 4) is 0 Å². The maximum absolute atomic E-state index is 3.80. The molecule has 1 heteroatoms. The van der Waals surface area contributed by atoms with Crippen LogP contribution in [0.1, 0.15) is 6.92 Å². The van der Waals surface area contributed by atoms with Gasteiger partial charge in [-0.1, -0.05) is 43.9 Å². The van der Waals surface area contributed by atoms with Gasteiger partial charge >= 0.3 is 0 Å². The highest BCUT2D eigenvalue weighted by Crippen LogP contribution is 2.08. The third-order valence-corrected chi connectivity index (χ3v) is 2.59. The summed E-state index contributed by atoms with van der Waals surface area (Å²) in [4.78, 5) is 0. The molecule has 0 radical (unpaired) electrons. The molecule has 0 N–H and O–H groups in total. The predicted molar refractivity (Wildman–Crippen MR) is 52.1 cm³/mol. The van der Waals surface area contributed by atoms with Gasteiger partial charge in [-0.05, 0) is 13.0 Å². The molecule has 0 unspecified atom stereocenters. The molecule has 58 valence electrons. The van der Waals surface area contributed by atoms with Crippen LogP contribution in [0.15, 0.2) is 24.3 Å². The van der Waals surface area contributed by atoms with Crippen molar-refractivity contribution in [3.63, 3.8) is 0 Å².